The Balaban J connectivity index is 0.000000218. The molecule has 4 aliphatic rings. The molecule has 0 aromatic heterocycles. The number of rotatable bonds is 13. The number of aryl methyl sites for hydroxylation is 2. The van der Waals surface area contributed by atoms with Crippen molar-refractivity contribution in [3.63, 3.8) is 0 Å². The van der Waals surface area contributed by atoms with Crippen molar-refractivity contribution >= 4 is 0 Å². The van der Waals surface area contributed by atoms with Crippen LogP contribution in [0.1, 0.15) is 210 Å². The van der Waals surface area contributed by atoms with Gasteiger partial charge in [-0.3, -0.25) is 0 Å². The van der Waals surface area contributed by atoms with Crippen LogP contribution in [0.3, 0.4) is 0 Å². The molecule has 4 fully saturated rings. The zero-order valence-corrected chi connectivity index (χ0v) is 36.9. The van der Waals surface area contributed by atoms with E-state index in [0.717, 1.165) is 70.6 Å². The molecule has 0 bridgehead atoms. The van der Waals surface area contributed by atoms with E-state index in [0.29, 0.717) is 11.8 Å². The molecule has 0 atom stereocenters. The zero-order chi connectivity index (χ0) is 40.2. The average Bonchev–Trinajstić information content (AvgIpc) is 3.25. The Bertz CT molecular complexity index is 1550. The van der Waals surface area contributed by atoms with Gasteiger partial charge in [-0.25, -0.2) is 8.78 Å². The van der Waals surface area contributed by atoms with E-state index in [1.54, 1.807) is 12.1 Å². The summed E-state index contributed by atoms with van der Waals surface area (Å²) in [5.74, 6) is 20.1. The van der Waals surface area contributed by atoms with E-state index in [1.165, 1.54) is 161 Å². The van der Waals surface area contributed by atoms with Crippen molar-refractivity contribution in [1.82, 2.24) is 0 Å². The van der Waals surface area contributed by atoms with E-state index in [9.17, 15) is 8.78 Å². The maximum absolute atomic E-state index is 13.9. The molecular weight excluding hydrogens is 699 g/mol. The van der Waals surface area contributed by atoms with E-state index < -0.39 is 0 Å². The van der Waals surface area contributed by atoms with Crippen LogP contribution >= 0.6 is 0 Å². The van der Waals surface area contributed by atoms with E-state index in [2.05, 4.69) is 37.5 Å². The van der Waals surface area contributed by atoms with Crippen molar-refractivity contribution in [3.05, 3.63) is 70.3 Å². The third-order valence-corrected chi connectivity index (χ3v) is 15.1. The zero-order valence-electron chi connectivity index (χ0n) is 36.9. The fraction of sp³-hybridized carbons (Fsp3) is 0.709. The molecule has 2 aromatic rings. The smallest absolute Gasteiger partial charge is 0.127 e. The summed E-state index contributed by atoms with van der Waals surface area (Å²) in [6, 6.07) is 10.9. The summed E-state index contributed by atoms with van der Waals surface area (Å²) in [6.07, 6.45) is 36.5. The number of hydrogen-bond acceptors (Lipinski definition) is 0. The van der Waals surface area contributed by atoms with Gasteiger partial charge in [0.2, 0.25) is 0 Å². The number of hydrogen-bond donors (Lipinski definition) is 0. The lowest BCUT2D eigenvalue weighted by molar-refractivity contribution is 0.153. The Kier molecular flexibility index (Phi) is 20.1. The van der Waals surface area contributed by atoms with Gasteiger partial charge in [0.1, 0.15) is 11.6 Å². The molecule has 57 heavy (non-hydrogen) atoms. The van der Waals surface area contributed by atoms with Crippen LogP contribution in [0.25, 0.3) is 0 Å². The highest BCUT2D eigenvalue weighted by Crippen LogP contribution is 2.43. The van der Waals surface area contributed by atoms with E-state index in [-0.39, 0.29) is 11.6 Å². The van der Waals surface area contributed by atoms with E-state index in [1.807, 2.05) is 38.1 Å². The molecule has 0 N–H and O–H groups in total. The molecule has 6 rings (SSSR count). The molecule has 0 nitrogen and oxygen atoms in total. The van der Waals surface area contributed by atoms with Gasteiger partial charge < -0.3 is 0 Å². The molecular formula is C55H80F2. The normalized spacial score (nSPS) is 27.5. The van der Waals surface area contributed by atoms with E-state index in [4.69, 9.17) is 0 Å². The predicted octanol–water partition coefficient (Wildman–Crippen LogP) is 16.3. The van der Waals surface area contributed by atoms with Gasteiger partial charge >= 0.3 is 0 Å². The summed E-state index contributed by atoms with van der Waals surface area (Å²) in [5.41, 5.74) is 3.23. The summed E-state index contributed by atoms with van der Waals surface area (Å²) in [5, 5.41) is 0. The Morgan fingerprint density at radius 1 is 0.439 bits per heavy atom. The highest BCUT2D eigenvalue weighted by molar-refractivity contribution is 5.38. The monoisotopic (exact) mass is 779 g/mol. The lowest BCUT2D eigenvalue weighted by Crippen LogP contribution is -2.25. The average molecular weight is 779 g/mol. The van der Waals surface area contributed by atoms with Gasteiger partial charge in [-0.15, -0.1) is 0 Å². The topological polar surface area (TPSA) is 0 Å². The first-order chi connectivity index (χ1) is 27.9. The van der Waals surface area contributed by atoms with Crippen molar-refractivity contribution in [2.75, 3.05) is 0 Å². The van der Waals surface area contributed by atoms with Crippen LogP contribution in [0.5, 0.6) is 0 Å². The van der Waals surface area contributed by atoms with Crippen LogP contribution in [0.2, 0.25) is 0 Å². The third kappa shape index (κ3) is 15.2. The minimum Gasteiger partial charge on any atom is -0.207 e. The lowest BCUT2D eigenvalue weighted by atomic mass is 9.69. The van der Waals surface area contributed by atoms with Crippen LogP contribution in [0.15, 0.2) is 36.4 Å². The minimum absolute atomic E-state index is 0.107. The quantitative estimate of drug-likeness (QED) is 0.140. The van der Waals surface area contributed by atoms with Gasteiger partial charge in [0.15, 0.2) is 0 Å². The van der Waals surface area contributed by atoms with Crippen LogP contribution in [0.4, 0.5) is 8.78 Å². The molecule has 0 aliphatic heterocycles. The summed E-state index contributed by atoms with van der Waals surface area (Å²) >= 11 is 0. The second-order valence-corrected chi connectivity index (χ2v) is 19.0. The molecule has 2 aromatic carbocycles. The first-order valence-corrected chi connectivity index (χ1v) is 24.5. The second-order valence-electron chi connectivity index (χ2n) is 19.0. The van der Waals surface area contributed by atoms with Crippen LogP contribution < -0.4 is 0 Å². The number of benzene rings is 2. The molecule has 0 unspecified atom stereocenters. The van der Waals surface area contributed by atoms with Crippen LogP contribution in [-0.2, 0) is 12.8 Å². The maximum atomic E-state index is 13.9. The largest absolute Gasteiger partial charge is 0.207 e. The first kappa shape index (κ1) is 45.5. The van der Waals surface area contributed by atoms with Gasteiger partial charge in [0, 0.05) is 23.0 Å². The Morgan fingerprint density at radius 3 is 1.14 bits per heavy atom. The molecule has 4 saturated carbocycles. The van der Waals surface area contributed by atoms with Crippen molar-refractivity contribution in [2.45, 2.75) is 201 Å². The van der Waals surface area contributed by atoms with Crippen molar-refractivity contribution in [3.8, 4) is 23.7 Å². The Hall–Kier alpha value is -2.58. The highest BCUT2D eigenvalue weighted by Gasteiger charge is 2.31. The molecule has 4 aliphatic carbocycles. The summed E-state index contributed by atoms with van der Waals surface area (Å²) in [4.78, 5) is 0. The molecule has 0 saturated heterocycles. The SMILES string of the molecule is CCCCCC[C@H]1CC[C@H](C2CCC(C#Cc3ccc(CC)c(F)c3)CC2)CC1.CCCCC[C@H]1CC[C@H](C2CCC(C#Cc3ccc(CC)c(F)c3)CC2)CC1. The number of halogens is 2. The van der Waals surface area contributed by atoms with Gasteiger partial charge in [-0.1, -0.05) is 147 Å². The fourth-order valence-corrected chi connectivity index (χ4v) is 11.1. The summed E-state index contributed by atoms with van der Waals surface area (Å²) in [7, 11) is 0. The maximum Gasteiger partial charge on any atom is 0.127 e. The van der Waals surface area contributed by atoms with Crippen LogP contribution in [0, 0.1) is 82.7 Å². The van der Waals surface area contributed by atoms with Crippen LogP contribution in [-0.4, -0.2) is 0 Å². The third-order valence-electron chi connectivity index (χ3n) is 15.1. The Morgan fingerprint density at radius 2 is 0.789 bits per heavy atom. The number of unbranched alkanes of at least 4 members (excludes halogenated alkanes) is 5. The predicted molar refractivity (Wildman–Crippen MR) is 240 cm³/mol. The van der Waals surface area contributed by atoms with Crippen molar-refractivity contribution in [1.29, 1.82) is 0 Å². The fourth-order valence-electron chi connectivity index (χ4n) is 11.1. The van der Waals surface area contributed by atoms with E-state index >= 15 is 0 Å². The van der Waals surface area contributed by atoms with Gasteiger partial charge in [-0.05, 0) is 161 Å². The minimum atomic E-state index is -0.108. The van der Waals surface area contributed by atoms with Gasteiger partial charge in [-0.2, -0.15) is 0 Å². The lowest BCUT2D eigenvalue weighted by Gasteiger charge is -2.37. The molecule has 0 amide bonds. The Labute approximate surface area is 349 Å². The standard InChI is InChI=1S/C28H41F.C27H39F/c1-3-5-6-7-8-22-11-17-26(18-12-22)27-19-13-23(14-20-27)9-10-24-15-16-25(4-2)28(29)21-24;1-3-5-6-7-21-10-16-25(17-11-21)26-18-12-22(13-19-26)8-9-23-14-15-24(4-2)27(28)20-23/h15-16,21-23,26-27H,3-8,11-14,17-20H2,1-2H3;14-15,20-22,25-26H,3-7,10-13,16-19H2,1-2H3/t22-,23?,26-,27?;21-,22?,25-,26?. The van der Waals surface area contributed by atoms with Gasteiger partial charge in [0.05, 0.1) is 0 Å². The second kappa shape index (κ2) is 25.1. The van der Waals surface area contributed by atoms with Crippen molar-refractivity contribution in [2.24, 2.45) is 47.3 Å². The summed E-state index contributed by atoms with van der Waals surface area (Å²) in [6.45, 7) is 8.58. The molecule has 2 heteroatoms. The first-order valence-electron chi connectivity index (χ1n) is 24.5. The molecule has 314 valence electrons. The highest BCUT2D eigenvalue weighted by atomic mass is 19.1. The molecule has 0 heterocycles. The molecule has 0 spiro atoms. The summed E-state index contributed by atoms with van der Waals surface area (Å²) < 4.78 is 27.9. The van der Waals surface area contributed by atoms with Crippen molar-refractivity contribution < 1.29 is 8.78 Å². The molecule has 0 radical (unpaired) electrons. The van der Waals surface area contributed by atoms with Gasteiger partial charge in [0.25, 0.3) is 0 Å².